The van der Waals surface area contributed by atoms with Crippen LogP contribution in [0.15, 0.2) is 60.7 Å². The van der Waals surface area contributed by atoms with Crippen molar-refractivity contribution in [3.8, 4) is 0 Å². The summed E-state index contributed by atoms with van der Waals surface area (Å²) in [4.78, 5) is 0. The van der Waals surface area contributed by atoms with Crippen molar-refractivity contribution in [2.75, 3.05) is 0 Å². The highest BCUT2D eigenvalue weighted by molar-refractivity contribution is 5.37. The first-order chi connectivity index (χ1) is 13.3. The molecule has 0 amide bonds. The molecule has 0 radical (unpaired) electrons. The molecule has 0 nitrogen and oxygen atoms in total. The molecule has 2 atom stereocenters. The van der Waals surface area contributed by atoms with E-state index in [1.54, 1.807) is 0 Å². The van der Waals surface area contributed by atoms with Gasteiger partial charge in [0.15, 0.2) is 0 Å². The summed E-state index contributed by atoms with van der Waals surface area (Å²) >= 11 is 0. The zero-order valence-corrected chi connectivity index (χ0v) is 18.2. The third kappa shape index (κ3) is 5.01. The molecular formula is C27H35F. The lowest BCUT2D eigenvalue weighted by Crippen LogP contribution is -2.18. The van der Waals surface area contributed by atoms with Crippen molar-refractivity contribution < 1.29 is 4.39 Å². The van der Waals surface area contributed by atoms with E-state index in [9.17, 15) is 4.39 Å². The van der Waals surface area contributed by atoms with E-state index in [2.05, 4.69) is 58.2 Å². The van der Waals surface area contributed by atoms with Gasteiger partial charge < -0.3 is 0 Å². The Balaban J connectivity index is 2.39. The van der Waals surface area contributed by atoms with Crippen LogP contribution in [0.1, 0.15) is 67.3 Å². The second kappa shape index (κ2) is 9.87. The summed E-state index contributed by atoms with van der Waals surface area (Å²) in [5, 5.41) is 0. The highest BCUT2D eigenvalue weighted by atomic mass is 19.1. The standard InChI is InChI=1S/C27H35F/c1-8-11-25(23-13-10-12-22(9-2)17-23)26(18(3)4)20(6)16-24-15-14-19(5)21(7)27(24)28/h10,12-15,17,25-26H,3,6,8-9,11,16H2,1-2,4-5,7H3/t25-,26?/m1/s1. The molecule has 0 bridgehead atoms. The first-order valence-electron chi connectivity index (χ1n) is 10.5. The molecule has 0 spiro atoms. The van der Waals surface area contributed by atoms with Crippen LogP contribution in [0.5, 0.6) is 0 Å². The van der Waals surface area contributed by atoms with Gasteiger partial charge in [0.25, 0.3) is 0 Å². The fourth-order valence-electron chi connectivity index (χ4n) is 4.19. The van der Waals surface area contributed by atoms with Gasteiger partial charge in [-0.05, 0) is 73.8 Å². The van der Waals surface area contributed by atoms with Crippen LogP contribution >= 0.6 is 0 Å². The number of allylic oxidation sites excluding steroid dienone is 2. The van der Waals surface area contributed by atoms with Crippen molar-refractivity contribution in [1.29, 1.82) is 0 Å². The molecule has 0 saturated carbocycles. The van der Waals surface area contributed by atoms with Crippen molar-refractivity contribution in [1.82, 2.24) is 0 Å². The average Bonchev–Trinajstić information content (AvgIpc) is 2.68. The third-order valence-electron chi connectivity index (χ3n) is 5.91. The van der Waals surface area contributed by atoms with Crippen LogP contribution in [0.2, 0.25) is 0 Å². The Morgan fingerprint density at radius 2 is 1.79 bits per heavy atom. The molecule has 0 aliphatic rings. The minimum atomic E-state index is -0.0957. The molecule has 1 heteroatoms. The van der Waals surface area contributed by atoms with Crippen LogP contribution in [0.3, 0.4) is 0 Å². The van der Waals surface area contributed by atoms with E-state index in [4.69, 9.17) is 0 Å². The predicted octanol–water partition coefficient (Wildman–Crippen LogP) is 7.88. The highest BCUT2D eigenvalue weighted by Gasteiger charge is 2.26. The molecule has 0 aliphatic heterocycles. The quantitative estimate of drug-likeness (QED) is 0.389. The fourth-order valence-corrected chi connectivity index (χ4v) is 4.19. The number of benzene rings is 2. The summed E-state index contributed by atoms with van der Waals surface area (Å²) in [7, 11) is 0. The maximum atomic E-state index is 14.8. The normalized spacial score (nSPS) is 13.2. The van der Waals surface area contributed by atoms with Gasteiger partial charge in [-0.15, -0.1) is 0 Å². The van der Waals surface area contributed by atoms with Crippen LogP contribution in [0, 0.1) is 25.6 Å². The van der Waals surface area contributed by atoms with Gasteiger partial charge in [-0.3, -0.25) is 0 Å². The first-order valence-corrected chi connectivity index (χ1v) is 10.5. The first kappa shape index (κ1) is 22.1. The van der Waals surface area contributed by atoms with Crippen LogP contribution in [-0.2, 0) is 12.8 Å². The van der Waals surface area contributed by atoms with E-state index in [1.807, 2.05) is 26.0 Å². The number of halogens is 1. The molecule has 0 aromatic heterocycles. The van der Waals surface area contributed by atoms with E-state index in [0.717, 1.165) is 47.1 Å². The van der Waals surface area contributed by atoms with Crippen molar-refractivity contribution >= 4 is 0 Å². The van der Waals surface area contributed by atoms with Crippen molar-refractivity contribution in [3.05, 3.63) is 94.3 Å². The van der Waals surface area contributed by atoms with Gasteiger partial charge >= 0.3 is 0 Å². The lowest BCUT2D eigenvalue weighted by molar-refractivity contribution is 0.494. The molecule has 0 heterocycles. The maximum absolute atomic E-state index is 14.8. The monoisotopic (exact) mass is 378 g/mol. The Bertz CT molecular complexity index is 843. The Hall–Kier alpha value is -2.15. The molecule has 0 fully saturated rings. The lowest BCUT2D eigenvalue weighted by Gasteiger charge is -2.30. The minimum absolute atomic E-state index is 0.0957. The van der Waals surface area contributed by atoms with Gasteiger partial charge in [0.2, 0.25) is 0 Å². The minimum Gasteiger partial charge on any atom is -0.206 e. The van der Waals surface area contributed by atoms with Crippen molar-refractivity contribution in [2.24, 2.45) is 5.92 Å². The third-order valence-corrected chi connectivity index (χ3v) is 5.91. The number of rotatable bonds is 9. The van der Waals surface area contributed by atoms with Gasteiger partial charge in [-0.1, -0.05) is 81.0 Å². The molecule has 0 N–H and O–H groups in total. The lowest BCUT2D eigenvalue weighted by atomic mass is 9.74. The summed E-state index contributed by atoms with van der Waals surface area (Å²) in [6, 6.07) is 12.8. The Morgan fingerprint density at radius 3 is 2.39 bits per heavy atom. The Labute approximate surface area is 171 Å². The second-order valence-corrected chi connectivity index (χ2v) is 8.13. The Kier molecular flexibility index (Phi) is 7.80. The summed E-state index contributed by atoms with van der Waals surface area (Å²) in [6.45, 7) is 19.0. The Morgan fingerprint density at radius 1 is 1.07 bits per heavy atom. The van der Waals surface area contributed by atoms with E-state index >= 15 is 0 Å². The average molecular weight is 379 g/mol. The second-order valence-electron chi connectivity index (χ2n) is 8.13. The van der Waals surface area contributed by atoms with Crippen molar-refractivity contribution in [2.45, 2.75) is 66.2 Å². The van der Waals surface area contributed by atoms with Gasteiger partial charge in [-0.25, -0.2) is 4.39 Å². The zero-order chi connectivity index (χ0) is 20.8. The summed E-state index contributed by atoms with van der Waals surface area (Å²) in [5.41, 5.74) is 7.31. The van der Waals surface area contributed by atoms with E-state index in [-0.39, 0.29) is 11.7 Å². The molecule has 1 unspecified atom stereocenters. The smallest absolute Gasteiger partial charge is 0.129 e. The molecule has 150 valence electrons. The van der Waals surface area contributed by atoms with Gasteiger partial charge in [0.1, 0.15) is 5.82 Å². The maximum Gasteiger partial charge on any atom is 0.129 e. The summed E-state index contributed by atoms with van der Waals surface area (Å²) < 4.78 is 14.8. The molecular weight excluding hydrogens is 343 g/mol. The molecule has 2 aromatic rings. The number of aryl methyl sites for hydroxylation is 2. The van der Waals surface area contributed by atoms with Gasteiger partial charge in [0, 0.05) is 5.92 Å². The highest BCUT2D eigenvalue weighted by Crippen LogP contribution is 2.39. The summed E-state index contributed by atoms with van der Waals surface area (Å²) in [6.07, 6.45) is 3.74. The van der Waals surface area contributed by atoms with E-state index in [0.29, 0.717) is 12.3 Å². The summed E-state index contributed by atoms with van der Waals surface area (Å²) in [5.74, 6) is 0.380. The number of hydrogen-bond acceptors (Lipinski definition) is 0. The number of hydrogen-bond donors (Lipinski definition) is 0. The zero-order valence-electron chi connectivity index (χ0n) is 18.2. The fraction of sp³-hybridized carbons (Fsp3) is 0.407. The van der Waals surface area contributed by atoms with E-state index < -0.39 is 0 Å². The SMILES string of the molecule is C=C(C)C(C(=C)Cc1ccc(C)c(C)c1F)[C@H](CCC)c1cccc(CC)c1. The molecule has 0 saturated heterocycles. The van der Waals surface area contributed by atoms with Crippen LogP contribution in [0.25, 0.3) is 0 Å². The topological polar surface area (TPSA) is 0 Å². The van der Waals surface area contributed by atoms with Crippen LogP contribution < -0.4 is 0 Å². The largest absolute Gasteiger partial charge is 0.206 e. The molecule has 0 aliphatic carbocycles. The van der Waals surface area contributed by atoms with Crippen LogP contribution in [0.4, 0.5) is 4.39 Å². The molecule has 28 heavy (non-hydrogen) atoms. The predicted molar refractivity (Wildman–Crippen MR) is 120 cm³/mol. The van der Waals surface area contributed by atoms with Crippen molar-refractivity contribution in [3.63, 3.8) is 0 Å². The van der Waals surface area contributed by atoms with Crippen LogP contribution in [-0.4, -0.2) is 0 Å². The molecule has 2 aromatic carbocycles. The van der Waals surface area contributed by atoms with E-state index in [1.165, 1.54) is 11.1 Å². The van der Waals surface area contributed by atoms with Gasteiger partial charge in [-0.2, -0.15) is 0 Å². The molecule has 2 rings (SSSR count). The van der Waals surface area contributed by atoms with Gasteiger partial charge in [0.05, 0.1) is 0 Å².